The van der Waals surface area contributed by atoms with Gasteiger partial charge in [0.25, 0.3) is 0 Å². The van der Waals surface area contributed by atoms with E-state index < -0.39 is 0 Å². The molecule has 1 spiro atoms. The number of rotatable bonds is 5. The molecule has 0 radical (unpaired) electrons. The Balaban J connectivity index is 1.42. The Hall–Kier alpha value is -2.02. The van der Waals surface area contributed by atoms with Crippen molar-refractivity contribution >= 4 is 23.3 Å². The maximum Gasteiger partial charge on any atom is 0.246 e. The maximum atomic E-state index is 12.7. The molecule has 0 saturated carbocycles. The van der Waals surface area contributed by atoms with E-state index in [4.69, 9.17) is 9.47 Å². The van der Waals surface area contributed by atoms with Crippen LogP contribution >= 0.6 is 11.3 Å². The number of hydrogen-bond donors (Lipinski definition) is 0. The van der Waals surface area contributed by atoms with Gasteiger partial charge >= 0.3 is 0 Å². The van der Waals surface area contributed by atoms with Crippen LogP contribution < -0.4 is 0 Å². The van der Waals surface area contributed by atoms with Crippen LogP contribution in [0.1, 0.15) is 35.5 Å². The Labute approximate surface area is 170 Å². The Morgan fingerprint density at radius 2 is 2.25 bits per heavy atom. The van der Waals surface area contributed by atoms with E-state index in [-0.39, 0.29) is 17.6 Å². The van der Waals surface area contributed by atoms with Gasteiger partial charge in [-0.15, -0.1) is 11.3 Å². The number of aryl methyl sites for hydroxylation is 1. The third kappa shape index (κ3) is 4.35. The van der Waals surface area contributed by atoms with Crippen molar-refractivity contribution in [3.05, 3.63) is 58.1 Å². The van der Waals surface area contributed by atoms with E-state index in [1.807, 2.05) is 35.4 Å². The number of amides is 1. The van der Waals surface area contributed by atoms with Gasteiger partial charge in [0.1, 0.15) is 6.10 Å². The van der Waals surface area contributed by atoms with E-state index in [0.29, 0.717) is 19.7 Å². The summed E-state index contributed by atoms with van der Waals surface area (Å²) in [5.41, 5.74) is 1.72. The topological polar surface area (TPSA) is 51.7 Å². The highest BCUT2D eigenvalue weighted by Gasteiger charge is 2.47. The van der Waals surface area contributed by atoms with Crippen LogP contribution in [0.25, 0.3) is 6.08 Å². The summed E-state index contributed by atoms with van der Waals surface area (Å²) >= 11 is 1.59. The summed E-state index contributed by atoms with van der Waals surface area (Å²) in [7, 11) is 0. The van der Waals surface area contributed by atoms with E-state index >= 15 is 0 Å². The summed E-state index contributed by atoms with van der Waals surface area (Å²) in [6.45, 7) is 4.54. The fourth-order valence-electron chi connectivity index (χ4n) is 4.01. The first-order valence-corrected chi connectivity index (χ1v) is 10.7. The van der Waals surface area contributed by atoms with Crippen molar-refractivity contribution in [3.63, 3.8) is 0 Å². The molecule has 0 aliphatic carbocycles. The van der Waals surface area contributed by atoms with Gasteiger partial charge in [0.2, 0.25) is 5.91 Å². The van der Waals surface area contributed by atoms with Gasteiger partial charge in [-0.05, 0) is 37.8 Å². The second-order valence-corrected chi connectivity index (χ2v) is 8.52. The minimum absolute atomic E-state index is 0.00631. The van der Waals surface area contributed by atoms with Crippen LogP contribution in [0.5, 0.6) is 0 Å². The molecule has 0 unspecified atom stereocenters. The smallest absolute Gasteiger partial charge is 0.246 e. The Morgan fingerprint density at radius 1 is 1.39 bits per heavy atom. The van der Waals surface area contributed by atoms with Crippen LogP contribution in [0.15, 0.2) is 41.8 Å². The zero-order chi connectivity index (χ0) is 19.4. The minimum Gasteiger partial charge on any atom is -0.372 e. The Bertz CT molecular complexity index is 827. The number of piperidine rings is 1. The van der Waals surface area contributed by atoms with Crippen molar-refractivity contribution in [3.8, 4) is 0 Å². The predicted molar refractivity (Wildman–Crippen MR) is 110 cm³/mol. The predicted octanol–water partition coefficient (Wildman–Crippen LogP) is 3.83. The number of aromatic nitrogens is 1. The molecule has 1 aromatic carbocycles. The molecule has 2 fully saturated rings. The molecule has 2 saturated heterocycles. The molecule has 1 amide bonds. The van der Waals surface area contributed by atoms with Gasteiger partial charge in [-0.25, -0.2) is 4.98 Å². The van der Waals surface area contributed by atoms with Gasteiger partial charge in [0.15, 0.2) is 0 Å². The lowest BCUT2D eigenvalue weighted by Crippen LogP contribution is -2.57. The minimum atomic E-state index is -0.249. The highest BCUT2D eigenvalue weighted by atomic mass is 32.1. The van der Waals surface area contributed by atoms with Gasteiger partial charge in [-0.1, -0.05) is 30.3 Å². The molecule has 2 aliphatic heterocycles. The normalized spacial score (nSPS) is 25.0. The number of nitrogens with zero attached hydrogens (tertiary/aromatic N) is 2. The number of likely N-dealkylation sites (tertiary alicyclic amines) is 1. The van der Waals surface area contributed by atoms with Gasteiger partial charge in [0.05, 0.1) is 22.9 Å². The average Bonchev–Trinajstić information content (AvgIpc) is 3.36. The van der Waals surface area contributed by atoms with Crippen LogP contribution in [-0.4, -0.2) is 47.2 Å². The molecule has 5 nitrogen and oxygen atoms in total. The fourth-order valence-corrected chi connectivity index (χ4v) is 4.59. The van der Waals surface area contributed by atoms with Crippen molar-refractivity contribution in [2.45, 2.75) is 44.5 Å². The second-order valence-electron chi connectivity index (χ2n) is 7.46. The summed E-state index contributed by atoms with van der Waals surface area (Å²) < 4.78 is 12.5. The van der Waals surface area contributed by atoms with Crippen molar-refractivity contribution in [1.29, 1.82) is 0 Å². The molecule has 0 N–H and O–H groups in total. The van der Waals surface area contributed by atoms with Crippen LogP contribution in [0.4, 0.5) is 0 Å². The van der Waals surface area contributed by atoms with Gasteiger partial charge in [-0.2, -0.15) is 0 Å². The van der Waals surface area contributed by atoms with E-state index in [9.17, 15) is 4.79 Å². The molecule has 2 atom stereocenters. The van der Waals surface area contributed by atoms with Crippen LogP contribution in [-0.2, 0) is 20.9 Å². The quantitative estimate of drug-likeness (QED) is 0.719. The molecular weight excluding hydrogens is 372 g/mol. The zero-order valence-electron chi connectivity index (χ0n) is 16.2. The van der Waals surface area contributed by atoms with Crippen molar-refractivity contribution in [2.24, 2.45) is 0 Å². The van der Waals surface area contributed by atoms with E-state index in [1.165, 1.54) is 0 Å². The highest BCUT2D eigenvalue weighted by molar-refractivity contribution is 7.09. The summed E-state index contributed by atoms with van der Waals surface area (Å²) in [6.07, 6.45) is 6.19. The summed E-state index contributed by atoms with van der Waals surface area (Å²) in [5.74, 6) is 0.00631. The molecule has 4 rings (SSSR count). The lowest BCUT2D eigenvalue weighted by Gasteiger charge is -2.44. The zero-order valence-corrected chi connectivity index (χ0v) is 17.0. The van der Waals surface area contributed by atoms with Crippen molar-refractivity contribution < 1.29 is 14.3 Å². The molecule has 6 heteroatoms. The van der Waals surface area contributed by atoms with Crippen LogP contribution in [0.2, 0.25) is 0 Å². The largest absolute Gasteiger partial charge is 0.372 e. The molecule has 0 bridgehead atoms. The number of carbonyl (C=O) groups is 1. The Kier molecular flexibility index (Phi) is 5.90. The first-order chi connectivity index (χ1) is 13.6. The van der Waals surface area contributed by atoms with Crippen LogP contribution in [0.3, 0.4) is 0 Å². The molecular formula is C22H26N2O3S. The molecule has 1 aromatic heterocycles. The standard InChI is InChI=1S/C22H26N2O3S/c1-17-23-19(16-28-17)8-9-21(25)24-12-11-22(10-5-13-27-22)20(14-24)26-15-18-6-3-2-4-7-18/h2-4,6-9,16,20H,5,10-15H2,1H3/b9-8+/t20-,22-/m1/s1. The van der Waals surface area contributed by atoms with Crippen molar-refractivity contribution in [2.75, 3.05) is 19.7 Å². The van der Waals surface area contributed by atoms with Gasteiger partial charge in [0, 0.05) is 31.2 Å². The highest BCUT2D eigenvalue weighted by Crippen LogP contribution is 2.38. The van der Waals surface area contributed by atoms with Crippen LogP contribution in [0, 0.1) is 6.92 Å². The van der Waals surface area contributed by atoms with E-state index in [1.54, 1.807) is 23.5 Å². The van der Waals surface area contributed by atoms with E-state index in [0.717, 1.165) is 42.1 Å². The third-order valence-electron chi connectivity index (χ3n) is 5.55. The Morgan fingerprint density at radius 3 is 2.96 bits per heavy atom. The first kappa shape index (κ1) is 19.3. The number of hydrogen-bond acceptors (Lipinski definition) is 5. The lowest BCUT2D eigenvalue weighted by atomic mass is 9.85. The van der Waals surface area contributed by atoms with Gasteiger partial charge < -0.3 is 14.4 Å². The number of carbonyl (C=O) groups excluding carboxylic acids is 1. The third-order valence-corrected chi connectivity index (χ3v) is 6.34. The maximum absolute atomic E-state index is 12.7. The summed E-state index contributed by atoms with van der Waals surface area (Å²) in [5, 5.41) is 2.96. The number of thiazole rings is 1. The SMILES string of the molecule is Cc1nc(/C=C/C(=O)N2CC[C@]3(CCCO3)[C@H](OCc3ccccc3)C2)cs1. The molecule has 3 heterocycles. The fraction of sp³-hybridized carbons (Fsp3) is 0.455. The monoisotopic (exact) mass is 398 g/mol. The molecule has 2 aromatic rings. The second kappa shape index (κ2) is 8.55. The molecule has 2 aliphatic rings. The number of ether oxygens (including phenoxy) is 2. The lowest BCUT2D eigenvalue weighted by molar-refractivity contribution is -0.165. The van der Waals surface area contributed by atoms with Crippen molar-refractivity contribution in [1.82, 2.24) is 9.88 Å². The molecule has 28 heavy (non-hydrogen) atoms. The van der Waals surface area contributed by atoms with E-state index in [2.05, 4.69) is 17.1 Å². The average molecular weight is 399 g/mol. The molecule has 148 valence electrons. The first-order valence-electron chi connectivity index (χ1n) is 9.83. The summed E-state index contributed by atoms with van der Waals surface area (Å²) in [4.78, 5) is 19.0. The van der Waals surface area contributed by atoms with Gasteiger partial charge in [-0.3, -0.25) is 4.79 Å². The summed E-state index contributed by atoms with van der Waals surface area (Å²) in [6, 6.07) is 10.2. The number of benzene rings is 1.